The van der Waals surface area contributed by atoms with Gasteiger partial charge in [-0.1, -0.05) is 54.2 Å². The van der Waals surface area contributed by atoms with Gasteiger partial charge < -0.3 is 19.4 Å². The molecule has 7 nitrogen and oxygen atoms in total. The predicted molar refractivity (Wildman–Crippen MR) is 110 cm³/mol. The van der Waals surface area contributed by atoms with Gasteiger partial charge in [0.25, 0.3) is 0 Å². The fourth-order valence-corrected chi connectivity index (χ4v) is 3.85. The fraction of sp³-hybridized carbons (Fsp3) is 0.286. The summed E-state index contributed by atoms with van der Waals surface area (Å²) in [6, 6.07) is 17.4. The molecule has 0 spiro atoms. The Balaban J connectivity index is 1.35. The first kappa shape index (κ1) is 19.3. The topological polar surface area (TPSA) is 78.3 Å². The molecule has 1 aromatic heterocycles. The number of thioether (sulfide) groups is 1. The molecule has 150 valence electrons. The van der Waals surface area contributed by atoms with Crippen LogP contribution in [0.5, 0.6) is 11.5 Å². The van der Waals surface area contributed by atoms with E-state index in [0.29, 0.717) is 23.3 Å². The van der Waals surface area contributed by atoms with Gasteiger partial charge in [0.2, 0.25) is 5.91 Å². The first-order chi connectivity index (χ1) is 14.1. The van der Waals surface area contributed by atoms with Crippen molar-refractivity contribution in [3.63, 3.8) is 0 Å². The lowest BCUT2D eigenvalue weighted by atomic mass is 10.1. The lowest BCUT2D eigenvalue weighted by molar-refractivity contribution is -0.119. The van der Waals surface area contributed by atoms with E-state index in [4.69, 9.17) is 9.47 Å². The third-order valence-electron chi connectivity index (χ3n) is 4.67. The van der Waals surface area contributed by atoms with E-state index < -0.39 is 0 Å². The quantitative estimate of drug-likeness (QED) is 0.629. The number of rotatable bonds is 6. The highest BCUT2D eigenvalue weighted by molar-refractivity contribution is 7.99. The summed E-state index contributed by atoms with van der Waals surface area (Å²) in [5.41, 5.74) is 1.07. The van der Waals surface area contributed by atoms with E-state index in [0.717, 1.165) is 11.3 Å². The highest BCUT2D eigenvalue weighted by atomic mass is 32.2. The summed E-state index contributed by atoms with van der Waals surface area (Å²) in [6.45, 7) is 2.33. The second kappa shape index (κ2) is 8.57. The third-order valence-corrected chi connectivity index (χ3v) is 5.69. The second-order valence-electron chi connectivity index (χ2n) is 6.75. The van der Waals surface area contributed by atoms with Crippen LogP contribution in [0.4, 0.5) is 0 Å². The number of carbonyl (C=O) groups is 1. The molecule has 0 saturated carbocycles. The van der Waals surface area contributed by atoms with Crippen LogP contribution in [0.2, 0.25) is 0 Å². The molecule has 0 fully saturated rings. The van der Waals surface area contributed by atoms with Gasteiger partial charge in [-0.2, -0.15) is 0 Å². The maximum absolute atomic E-state index is 12.3. The molecule has 0 bridgehead atoms. The smallest absolute Gasteiger partial charge is 0.230 e. The molecule has 0 aliphatic carbocycles. The van der Waals surface area contributed by atoms with E-state index in [2.05, 4.69) is 15.5 Å². The molecule has 8 heteroatoms. The van der Waals surface area contributed by atoms with E-state index in [1.165, 1.54) is 11.8 Å². The Morgan fingerprint density at radius 1 is 1.17 bits per heavy atom. The third kappa shape index (κ3) is 4.37. The fourth-order valence-electron chi connectivity index (χ4n) is 3.12. The van der Waals surface area contributed by atoms with Gasteiger partial charge in [-0.3, -0.25) is 4.79 Å². The molecule has 2 atom stereocenters. The Kier molecular flexibility index (Phi) is 5.71. The van der Waals surface area contributed by atoms with Gasteiger partial charge in [0.05, 0.1) is 11.8 Å². The molecule has 0 unspecified atom stereocenters. The van der Waals surface area contributed by atoms with Crippen LogP contribution in [-0.2, 0) is 11.8 Å². The van der Waals surface area contributed by atoms with Crippen LogP contribution in [0.25, 0.3) is 0 Å². The molecule has 4 rings (SSSR count). The molecule has 3 aromatic rings. The van der Waals surface area contributed by atoms with Crippen LogP contribution >= 0.6 is 11.8 Å². The maximum atomic E-state index is 12.3. The average molecular weight is 410 g/mol. The van der Waals surface area contributed by atoms with Gasteiger partial charge >= 0.3 is 0 Å². The van der Waals surface area contributed by atoms with Crippen LogP contribution in [0.15, 0.2) is 59.8 Å². The number of nitrogens with zero attached hydrogens (tertiary/aromatic N) is 3. The Bertz CT molecular complexity index is 993. The van der Waals surface area contributed by atoms with E-state index in [1.807, 2.05) is 73.1 Å². The number of hydrogen-bond acceptors (Lipinski definition) is 6. The zero-order valence-electron chi connectivity index (χ0n) is 16.2. The second-order valence-corrected chi connectivity index (χ2v) is 7.70. The monoisotopic (exact) mass is 410 g/mol. The molecular formula is C21H22N4O3S. The molecule has 1 N–H and O–H groups in total. The van der Waals surface area contributed by atoms with Crippen LogP contribution in [-0.4, -0.2) is 33.0 Å². The number of para-hydroxylation sites is 2. The SMILES string of the molecule is C[C@@H](NC(=O)CSc1nnc([C@@H]2COc3ccccc3O2)n1C)c1ccccc1. The molecule has 29 heavy (non-hydrogen) atoms. The summed E-state index contributed by atoms with van der Waals surface area (Å²) in [5, 5.41) is 12.1. The number of amides is 1. The molecular weight excluding hydrogens is 388 g/mol. The number of fused-ring (bicyclic) bond motifs is 1. The van der Waals surface area contributed by atoms with Crippen molar-refractivity contribution in [3.05, 3.63) is 66.0 Å². The summed E-state index contributed by atoms with van der Waals surface area (Å²) >= 11 is 1.34. The number of benzene rings is 2. The molecule has 2 heterocycles. The molecule has 2 aromatic carbocycles. The minimum Gasteiger partial charge on any atom is -0.485 e. The van der Waals surface area contributed by atoms with Crippen molar-refractivity contribution in [3.8, 4) is 11.5 Å². The van der Waals surface area contributed by atoms with E-state index >= 15 is 0 Å². The van der Waals surface area contributed by atoms with Crippen LogP contribution in [0.3, 0.4) is 0 Å². The van der Waals surface area contributed by atoms with Crippen molar-refractivity contribution < 1.29 is 14.3 Å². The van der Waals surface area contributed by atoms with Crippen LogP contribution < -0.4 is 14.8 Å². The molecule has 1 amide bonds. The van der Waals surface area contributed by atoms with Crippen molar-refractivity contribution in [1.29, 1.82) is 0 Å². The Hall–Kier alpha value is -3.00. The van der Waals surface area contributed by atoms with Crippen molar-refractivity contribution in [2.45, 2.75) is 24.2 Å². The predicted octanol–water partition coefficient (Wildman–Crippen LogP) is 3.30. The number of aromatic nitrogens is 3. The van der Waals surface area contributed by atoms with Gasteiger partial charge in [-0.05, 0) is 24.6 Å². The maximum Gasteiger partial charge on any atom is 0.230 e. The Labute approximate surface area is 173 Å². The summed E-state index contributed by atoms with van der Waals surface area (Å²) in [6.07, 6.45) is -0.344. The van der Waals surface area contributed by atoms with Crippen molar-refractivity contribution >= 4 is 17.7 Å². The molecule has 1 aliphatic rings. The van der Waals surface area contributed by atoms with Gasteiger partial charge in [0, 0.05) is 7.05 Å². The standard InChI is InChI=1S/C21H22N4O3S/c1-14(15-8-4-3-5-9-15)22-19(26)13-29-21-24-23-20(25(21)2)18-12-27-16-10-6-7-11-17(16)28-18/h3-11,14,18H,12-13H2,1-2H3,(H,22,26)/t14-,18+/m1/s1. The highest BCUT2D eigenvalue weighted by Gasteiger charge is 2.27. The van der Waals surface area contributed by atoms with Gasteiger partial charge in [-0.25, -0.2) is 0 Å². The normalized spacial score (nSPS) is 16.3. The first-order valence-corrected chi connectivity index (χ1v) is 10.3. The van der Waals surface area contributed by atoms with E-state index in [1.54, 1.807) is 0 Å². The Morgan fingerprint density at radius 2 is 1.90 bits per heavy atom. The lowest BCUT2D eigenvalue weighted by Gasteiger charge is -2.25. The van der Waals surface area contributed by atoms with Gasteiger partial charge in [0.15, 0.2) is 28.6 Å². The zero-order chi connectivity index (χ0) is 20.2. The zero-order valence-corrected chi connectivity index (χ0v) is 17.1. The number of nitrogens with one attached hydrogen (secondary N) is 1. The molecule has 0 radical (unpaired) electrons. The van der Waals surface area contributed by atoms with Gasteiger partial charge in [0.1, 0.15) is 6.61 Å². The van der Waals surface area contributed by atoms with Crippen molar-refractivity contribution in [1.82, 2.24) is 20.1 Å². The average Bonchev–Trinajstić information content (AvgIpc) is 3.13. The van der Waals surface area contributed by atoms with E-state index in [9.17, 15) is 4.79 Å². The van der Waals surface area contributed by atoms with Crippen molar-refractivity contribution in [2.75, 3.05) is 12.4 Å². The molecule has 0 saturated heterocycles. The summed E-state index contributed by atoms with van der Waals surface area (Å²) in [5.74, 6) is 2.29. The van der Waals surface area contributed by atoms with E-state index in [-0.39, 0.29) is 23.8 Å². The van der Waals surface area contributed by atoms with Crippen LogP contribution in [0, 0.1) is 0 Å². The molecule has 1 aliphatic heterocycles. The van der Waals surface area contributed by atoms with Gasteiger partial charge in [-0.15, -0.1) is 10.2 Å². The Morgan fingerprint density at radius 3 is 2.69 bits per heavy atom. The number of hydrogen-bond donors (Lipinski definition) is 1. The summed E-state index contributed by atoms with van der Waals surface area (Å²) in [7, 11) is 1.87. The number of ether oxygens (including phenoxy) is 2. The lowest BCUT2D eigenvalue weighted by Crippen LogP contribution is -2.28. The first-order valence-electron chi connectivity index (χ1n) is 9.36. The van der Waals surface area contributed by atoms with Crippen molar-refractivity contribution in [2.24, 2.45) is 7.05 Å². The minimum absolute atomic E-state index is 0.0489. The highest BCUT2D eigenvalue weighted by Crippen LogP contribution is 2.35. The van der Waals surface area contributed by atoms with Crippen LogP contribution in [0.1, 0.15) is 30.5 Å². The summed E-state index contributed by atoms with van der Waals surface area (Å²) in [4.78, 5) is 12.3. The largest absolute Gasteiger partial charge is 0.485 e. The minimum atomic E-state index is -0.344. The summed E-state index contributed by atoms with van der Waals surface area (Å²) < 4.78 is 13.6. The number of carbonyl (C=O) groups excluding carboxylic acids is 1.